The van der Waals surface area contributed by atoms with E-state index in [1.54, 1.807) is 11.3 Å². The van der Waals surface area contributed by atoms with E-state index in [1.807, 2.05) is 48.5 Å². The van der Waals surface area contributed by atoms with Crippen molar-refractivity contribution in [3.8, 4) is 0 Å². The monoisotopic (exact) mass is 393 g/mol. The molecule has 0 radical (unpaired) electrons. The van der Waals surface area contributed by atoms with Crippen LogP contribution in [0, 0.1) is 0 Å². The molecule has 0 saturated carbocycles. The van der Waals surface area contributed by atoms with Crippen LogP contribution in [0.4, 0.5) is 0 Å². The summed E-state index contributed by atoms with van der Waals surface area (Å²) >= 11 is 6.44. The van der Waals surface area contributed by atoms with Gasteiger partial charge in [-0.2, -0.15) is 0 Å². The highest BCUT2D eigenvalue weighted by Gasteiger charge is 2.09. The lowest BCUT2D eigenvalue weighted by Gasteiger charge is -2.05. The van der Waals surface area contributed by atoms with Crippen LogP contribution in [0.2, 0.25) is 0 Å². The van der Waals surface area contributed by atoms with Crippen LogP contribution in [-0.2, 0) is 16.1 Å². The molecule has 3 rings (SSSR count). The molecule has 0 bridgehead atoms. The Morgan fingerprint density at radius 1 is 1.18 bits per heavy atom. The lowest BCUT2D eigenvalue weighted by atomic mass is 10.2. The van der Waals surface area contributed by atoms with Crippen LogP contribution < -0.4 is 0 Å². The van der Waals surface area contributed by atoms with Crippen LogP contribution in [-0.4, -0.2) is 16.7 Å². The summed E-state index contributed by atoms with van der Waals surface area (Å²) < 4.78 is 8.26. The predicted molar refractivity (Wildman–Crippen MR) is 94.3 cm³/mol. The number of esters is 1. The average molecular weight is 394 g/mol. The van der Waals surface area contributed by atoms with E-state index in [0.29, 0.717) is 0 Å². The number of carbonyl (C=O) groups is 1. The molecular weight excluding hydrogens is 382 g/mol. The van der Waals surface area contributed by atoms with E-state index in [9.17, 15) is 4.79 Å². The van der Waals surface area contributed by atoms with Gasteiger partial charge in [0.05, 0.1) is 16.0 Å². The van der Waals surface area contributed by atoms with Crippen LogP contribution >= 0.6 is 39.0 Å². The van der Waals surface area contributed by atoms with Crippen molar-refractivity contribution in [2.75, 3.05) is 5.75 Å². The maximum atomic E-state index is 11.8. The van der Waals surface area contributed by atoms with Crippen molar-refractivity contribution in [3.63, 3.8) is 0 Å². The van der Waals surface area contributed by atoms with Crippen LogP contribution in [0.1, 0.15) is 5.56 Å². The molecule has 0 aliphatic heterocycles. The van der Waals surface area contributed by atoms with E-state index in [-0.39, 0.29) is 18.3 Å². The second-order valence-electron chi connectivity index (χ2n) is 4.49. The van der Waals surface area contributed by atoms with Crippen LogP contribution in [0.3, 0.4) is 0 Å². The van der Waals surface area contributed by atoms with Gasteiger partial charge in [0, 0.05) is 10.0 Å². The van der Waals surface area contributed by atoms with Gasteiger partial charge >= 0.3 is 5.97 Å². The molecule has 0 unspecified atom stereocenters. The van der Waals surface area contributed by atoms with Gasteiger partial charge in [-0.3, -0.25) is 4.79 Å². The minimum absolute atomic E-state index is 0.236. The number of carbonyl (C=O) groups excluding carboxylic acids is 1. The van der Waals surface area contributed by atoms with Gasteiger partial charge in [-0.05, 0) is 18.2 Å². The van der Waals surface area contributed by atoms with Gasteiger partial charge in [0.1, 0.15) is 6.61 Å². The second-order valence-corrected chi connectivity index (χ2v) is 7.60. The molecule has 112 valence electrons. The zero-order chi connectivity index (χ0) is 15.4. The van der Waals surface area contributed by atoms with Crippen molar-refractivity contribution in [1.29, 1.82) is 0 Å². The Labute approximate surface area is 144 Å². The number of hydrogen-bond donors (Lipinski definition) is 0. The third kappa shape index (κ3) is 3.88. The molecule has 1 heterocycles. The molecule has 0 aliphatic carbocycles. The zero-order valence-electron chi connectivity index (χ0n) is 11.5. The molecular formula is C16H12BrNO2S2. The van der Waals surface area contributed by atoms with Gasteiger partial charge in [0.2, 0.25) is 0 Å². The largest absolute Gasteiger partial charge is 0.460 e. The Balaban J connectivity index is 1.53. The minimum Gasteiger partial charge on any atom is -0.460 e. The number of ether oxygens (including phenoxy) is 1. The molecule has 1 aromatic heterocycles. The van der Waals surface area contributed by atoms with Crippen molar-refractivity contribution in [1.82, 2.24) is 4.98 Å². The molecule has 0 amide bonds. The summed E-state index contributed by atoms with van der Waals surface area (Å²) in [5.74, 6) is 0.0320. The molecule has 0 fully saturated rings. The lowest BCUT2D eigenvalue weighted by Crippen LogP contribution is -2.07. The van der Waals surface area contributed by atoms with Crippen LogP contribution in [0.15, 0.2) is 57.3 Å². The van der Waals surface area contributed by atoms with E-state index < -0.39 is 0 Å². The first-order valence-electron chi connectivity index (χ1n) is 6.60. The summed E-state index contributed by atoms with van der Waals surface area (Å²) in [6.45, 7) is 0.278. The average Bonchev–Trinajstić information content (AvgIpc) is 2.95. The number of benzene rings is 2. The van der Waals surface area contributed by atoms with E-state index in [4.69, 9.17) is 4.74 Å². The van der Waals surface area contributed by atoms with Gasteiger partial charge in [-0.25, -0.2) is 4.98 Å². The molecule has 0 saturated heterocycles. The normalized spacial score (nSPS) is 10.8. The zero-order valence-corrected chi connectivity index (χ0v) is 14.7. The number of rotatable bonds is 5. The summed E-state index contributed by atoms with van der Waals surface area (Å²) in [5.41, 5.74) is 1.93. The van der Waals surface area contributed by atoms with E-state index >= 15 is 0 Å². The minimum atomic E-state index is -0.236. The fourth-order valence-corrected chi connectivity index (χ4v) is 4.11. The van der Waals surface area contributed by atoms with E-state index in [2.05, 4.69) is 20.9 Å². The highest BCUT2D eigenvalue weighted by molar-refractivity contribution is 9.10. The number of halogens is 1. The molecule has 0 N–H and O–H groups in total. The molecule has 0 spiro atoms. The Bertz CT molecular complexity index is 770. The van der Waals surface area contributed by atoms with Gasteiger partial charge < -0.3 is 4.74 Å². The first kappa shape index (κ1) is 15.5. The van der Waals surface area contributed by atoms with Crippen molar-refractivity contribution >= 4 is 55.2 Å². The Morgan fingerprint density at radius 2 is 1.95 bits per heavy atom. The Hall–Kier alpha value is -1.37. The molecule has 22 heavy (non-hydrogen) atoms. The molecule has 2 aromatic carbocycles. The predicted octanol–water partition coefficient (Wildman–Crippen LogP) is 4.89. The number of thiazole rings is 1. The number of fused-ring (bicyclic) bond motifs is 1. The summed E-state index contributed by atoms with van der Waals surface area (Å²) in [6, 6.07) is 15.7. The molecule has 6 heteroatoms. The number of aromatic nitrogens is 1. The summed E-state index contributed by atoms with van der Waals surface area (Å²) in [4.78, 5) is 16.3. The fraction of sp³-hybridized carbons (Fsp3) is 0.125. The van der Waals surface area contributed by atoms with Crippen molar-refractivity contribution < 1.29 is 9.53 Å². The number of para-hydroxylation sites is 1. The molecule has 3 aromatic rings. The quantitative estimate of drug-likeness (QED) is 0.456. The number of thioether (sulfide) groups is 1. The number of nitrogens with zero attached hydrogens (tertiary/aromatic N) is 1. The van der Waals surface area contributed by atoms with Crippen molar-refractivity contribution in [2.45, 2.75) is 10.9 Å². The van der Waals surface area contributed by atoms with Gasteiger partial charge in [0.25, 0.3) is 0 Å². The van der Waals surface area contributed by atoms with Crippen LogP contribution in [0.5, 0.6) is 0 Å². The lowest BCUT2D eigenvalue weighted by molar-refractivity contribution is -0.141. The molecule has 0 atom stereocenters. The third-order valence-corrected chi connectivity index (χ3v) is 5.86. The SMILES string of the molecule is O=C(CSc1nc2ccccc2s1)OCc1ccccc1Br. The summed E-state index contributed by atoms with van der Waals surface area (Å²) in [5, 5.41) is 0. The maximum absolute atomic E-state index is 11.8. The first-order valence-corrected chi connectivity index (χ1v) is 9.19. The standard InChI is InChI=1S/C16H12BrNO2S2/c17-12-6-2-1-5-11(12)9-20-15(19)10-21-16-18-13-7-3-4-8-14(13)22-16/h1-8H,9-10H2. The van der Waals surface area contributed by atoms with Crippen molar-refractivity contribution in [3.05, 3.63) is 58.6 Å². The Morgan fingerprint density at radius 3 is 2.77 bits per heavy atom. The van der Waals surface area contributed by atoms with E-state index in [0.717, 1.165) is 24.6 Å². The molecule has 0 aliphatic rings. The van der Waals surface area contributed by atoms with Crippen LogP contribution in [0.25, 0.3) is 10.2 Å². The maximum Gasteiger partial charge on any atom is 0.316 e. The highest BCUT2D eigenvalue weighted by atomic mass is 79.9. The molecule has 3 nitrogen and oxygen atoms in total. The highest BCUT2D eigenvalue weighted by Crippen LogP contribution is 2.29. The van der Waals surface area contributed by atoms with Gasteiger partial charge in [-0.15, -0.1) is 11.3 Å². The smallest absolute Gasteiger partial charge is 0.316 e. The summed E-state index contributed by atoms with van der Waals surface area (Å²) in [6.07, 6.45) is 0. The fourth-order valence-electron chi connectivity index (χ4n) is 1.85. The van der Waals surface area contributed by atoms with E-state index in [1.165, 1.54) is 11.8 Å². The van der Waals surface area contributed by atoms with Gasteiger partial charge in [0.15, 0.2) is 4.34 Å². The third-order valence-electron chi connectivity index (χ3n) is 2.93. The summed E-state index contributed by atoms with van der Waals surface area (Å²) in [7, 11) is 0. The second kappa shape index (κ2) is 7.26. The first-order chi connectivity index (χ1) is 10.7. The topological polar surface area (TPSA) is 39.2 Å². The van der Waals surface area contributed by atoms with Gasteiger partial charge in [-0.1, -0.05) is 58.0 Å². The number of hydrogen-bond acceptors (Lipinski definition) is 5. The van der Waals surface area contributed by atoms with Crippen molar-refractivity contribution in [2.24, 2.45) is 0 Å². The Kier molecular flexibility index (Phi) is 5.12.